The maximum Gasteiger partial charge on any atom is 0.246 e. The molecule has 1 saturated heterocycles. The van der Waals surface area contributed by atoms with Crippen LogP contribution in [0.15, 0.2) is 17.0 Å². The van der Waals surface area contributed by atoms with E-state index in [-0.39, 0.29) is 24.2 Å². The number of hydrogen-bond donors (Lipinski definition) is 1. The average Bonchev–Trinajstić information content (AvgIpc) is 2.36. The standard InChI is InChI=1S/C13H18F2N2O2S/c1-8-6-13(12(15)7-11(8)14)20(18,19)17-5-4-16-9(2)10(17)3/h6-7,9-10,16H,4-5H2,1-3H3. The van der Waals surface area contributed by atoms with E-state index in [1.165, 1.54) is 11.2 Å². The van der Waals surface area contributed by atoms with Crippen molar-refractivity contribution in [3.63, 3.8) is 0 Å². The third-order valence-corrected chi connectivity index (χ3v) is 5.78. The van der Waals surface area contributed by atoms with Crippen molar-refractivity contribution in [1.29, 1.82) is 0 Å². The van der Waals surface area contributed by atoms with E-state index >= 15 is 0 Å². The van der Waals surface area contributed by atoms with Crippen LogP contribution in [-0.4, -0.2) is 37.9 Å². The van der Waals surface area contributed by atoms with E-state index in [9.17, 15) is 17.2 Å². The molecule has 2 rings (SSSR count). The van der Waals surface area contributed by atoms with Gasteiger partial charge in [-0.15, -0.1) is 0 Å². The molecule has 1 heterocycles. The molecule has 0 spiro atoms. The summed E-state index contributed by atoms with van der Waals surface area (Å²) >= 11 is 0. The number of nitrogens with one attached hydrogen (secondary N) is 1. The van der Waals surface area contributed by atoms with Crippen LogP contribution in [0.3, 0.4) is 0 Å². The highest BCUT2D eigenvalue weighted by Crippen LogP contribution is 2.25. The van der Waals surface area contributed by atoms with Crippen molar-refractivity contribution in [3.05, 3.63) is 29.3 Å². The largest absolute Gasteiger partial charge is 0.311 e. The van der Waals surface area contributed by atoms with E-state index in [1.807, 2.05) is 6.92 Å². The Hall–Kier alpha value is -1.05. The number of aryl methyl sites for hydroxylation is 1. The third kappa shape index (κ3) is 2.57. The summed E-state index contributed by atoms with van der Waals surface area (Å²) in [7, 11) is -3.96. The molecule has 1 aliphatic rings. The van der Waals surface area contributed by atoms with Crippen LogP contribution in [0.5, 0.6) is 0 Å². The number of rotatable bonds is 2. The molecular weight excluding hydrogens is 286 g/mol. The van der Waals surface area contributed by atoms with Gasteiger partial charge in [-0.1, -0.05) is 0 Å². The van der Waals surface area contributed by atoms with Gasteiger partial charge in [0.05, 0.1) is 0 Å². The molecule has 0 saturated carbocycles. The highest BCUT2D eigenvalue weighted by Gasteiger charge is 2.36. The third-order valence-electron chi connectivity index (χ3n) is 3.78. The number of hydrogen-bond acceptors (Lipinski definition) is 3. The zero-order valence-electron chi connectivity index (χ0n) is 11.7. The van der Waals surface area contributed by atoms with Gasteiger partial charge in [0, 0.05) is 31.2 Å². The average molecular weight is 304 g/mol. The summed E-state index contributed by atoms with van der Waals surface area (Å²) in [4.78, 5) is -0.461. The topological polar surface area (TPSA) is 49.4 Å². The van der Waals surface area contributed by atoms with E-state index in [0.717, 1.165) is 6.07 Å². The monoisotopic (exact) mass is 304 g/mol. The first-order valence-corrected chi connectivity index (χ1v) is 7.90. The van der Waals surface area contributed by atoms with Crippen LogP contribution >= 0.6 is 0 Å². The second-order valence-corrected chi connectivity index (χ2v) is 6.99. The van der Waals surface area contributed by atoms with Gasteiger partial charge < -0.3 is 5.32 Å². The van der Waals surface area contributed by atoms with Crippen LogP contribution in [0, 0.1) is 18.6 Å². The van der Waals surface area contributed by atoms with Crippen molar-refractivity contribution in [1.82, 2.24) is 9.62 Å². The van der Waals surface area contributed by atoms with Gasteiger partial charge >= 0.3 is 0 Å². The number of piperazine rings is 1. The van der Waals surface area contributed by atoms with E-state index in [1.54, 1.807) is 6.92 Å². The van der Waals surface area contributed by atoms with Crippen molar-refractivity contribution < 1.29 is 17.2 Å². The van der Waals surface area contributed by atoms with Gasteiger partial charge in [-0.2, -0.15) is 4.31 Å². The summed E-state index contributed by atoms with van der Waals surface area (Å²) in [6.07, 6.45) is 0. The predicted octanol–water partition coefficient (Wildman–Crippen LogP) is 1.64. The van der Waals surface area contributed by atoms with Crippen molar-refractivity contribution in [2.24, 2.45) is 0 Å². The molecule has 0 aliphatic carbocycles. The molecule has 112 valence electrons. The minimum Gasteiger partial charge on any atom is -0.311 e. The first-order chi connectivity index (χ1) is 9.25. The Morgan fingerprint density at radius 2 is 1.90 bits per heavy atom. The lowest BCUT2D eigenvalue weighted by molar-refractivity contribution is 0.232. The van der Waals surface area contributed by atoms with Gasteiger partial charge in [0.2, 0.25) is 10.0 Å². The Labute approximate surface area is 117 Å². The molecule has 1 aliphatic heterocycles. The summed E-state index contributed by atoms with van der Waals surface area (Å²) in [5.41, 5.74) is 0.112. The van der Waals surface area contributed by atoms with Crippen LogP contribution in [0.4, 0.5) is 8.78 Å². The molecule has 1 N–H and O–H groups in total. The Bertz CT molecular complexity index is 619. The lowest BCUT2D eigenvalue weighted by Crippen LogP contribution is -2.57. The molecule has 4 nitrogen and oxygen atoms in total. The van der Waals surface area contributed by atoms with Crippen molar-refractivity contribution in [2.75, 3.05) is 13.1 Å². The summed E-state index contributed by atoms with van der Waals surface area (Å²) in [6.45, 7) is 5.83. The fourth-order valence-corrected chi connectivity index (χ4v) is 4.16. The van der Waals surface area contributed by atoms with Gasteiger partial charge in [0.15, 0.2) is 0 Å². The molecule has 0 radical (unpaired) electrons. The molecule has 1 fully saturated rings. The Morgan fingerprint density at radius 3 is 2.55 bits per heavy atom. The van der Waals surface area contributed by atoms with Crippen LogP contribution in [0.1, 0.15) is 19.4 Å². The van der Waals surface area contributed by atoms with E-state index in [0.29, 0.717) is 12.6 Å². The second-order valence-electron chi connectivity index (χ2n) is 5.13. The minimum atomic E-state index is -3.96. The van der Waals surface area contributed by atoms with E-state index < -0.39 is 26.6 Å². The lowest BCUT2D eigenvalue weighted by atomic mass is 10.1. The zero-order chi connectivity index (χ0) is 15.1. The van der Waals surface area contributed by atoms with Gasteiger partial charge in [-0.05, 0) is 32.4 Å². The number of halogens is 2. The molecule has 2 unspecified atom stereocenters. The molecule has 1 aromatic carbocycles. The fraction of sp³-hybridized carbons (Fsp3) is 0.538. The van der Waals surface area contributed by atoms with Gasteiger partial charge in [0.25, 0.3) is 0 Å². The maximum atomic E-state index is 13.8. The fourth-order valence-electron chi connectivity index (χ4n) is 2.32. The van der Waals surface area contributed by atoms with Crippen LogP contribution < -0.4 is 5.32 Å². The van der Waals surface area contributed by atoms with Gasteiger partial charge in [0.1, 0.15) is 16.5 Å². The SMILES string of the molecule is Cc1cc(S(=O)(=O)N2CCNC(C)C2C)c(F)cc1F. The molecule has 1 aromatic rings. The van der Waals surface area contributed by atoms with Crippen LogP contribution in [0.2, 0.25) is 0 Å². The summed E-state index contributed by atoms with van der Waals surface area (Å²) in [5.74, 6) is -1.80. The number of benzene rings is 1. The molecule has 20 heavy (non-hydrogen) atoms. The second kappa shape index (κ2) is 5.38. The molecule has 7 heteroatoms. The number of nitrogens with zero attached hydrogens (tertiary/aromatic N) is 1. The zero-order valence-corrected chi connectivity index (χ0v) is 12.5. The minimum absolute atomic E-state index is 0.0249. The predicted molar refractivity (Wildman–Crippen MR) is 71.9 cm³/mol. The highest BCUT2D eigenvalue weighted by atomic mass is 32.2. The van der Waals surface area contributed by atoms with Crippen molar-refractivity contribution in [2.45, 2.75) is 37.8 Å². The number of sulfonamides is 1. The van der Waals surface area contributed by atoms with Gasteiger partial charge in [-0.3, -0.25) is 0 Å². The summed E-state index contributed by atoms with van der Waals surface area (Å²) in [5, 5.41) is 3.16. The molecule has 0 bridgehead atoms. The Morgan fingerprint density at radius 1 is 1.25 bits per heavy atom. The molecule has 0 amide bonds. The maximum absolute atomic E-state index is 13.8. The van der Waals surface area contributed by atoms with E-state index in [2.05, 4.69) is 5.32 Å². The Balaban J connectivity index is 2.47. The van der Waals surface area contributed by atoms with Crippen LogP contribution in [0.25, 0.3) is 0 Å². The van der Waals surface area contributed by atoms with Crippen molar-refractivity contribution >= 4 is 10.0 Å². The normalized spacial score (nSPS) is 24.9. The summed E-state index contributed by atoms with van der Waals surface area (Å²) < 4.78 is 53.5. The first-order valence-electron chi connectivity index (χ1n) is 6.46. The summed E-state index contributed by atoms with van der Waals surface area (Å²) in [6, 6.07) is 1.36. The molecule has 0 aromatic heterocycles. The quantitative estimate of drug-likeness (QED) is 0.904. The van der Waals surface area contributed by atoms with Crippen molar-refractivity contribution in [3.8, 4) is 0 Å². The van der Waals surface area contributed by atoms with E-state index in [4.69, 9.17) is 0 Å². The highest BCUT2D eigenvalue weighted by molar-refractivity contribution is 7.89. The first kappa shape index (κ1) is 15.3. The smallest absolute Gasteiger partial charge is 0.246 e. The Kier molecular flexibility index (Phi) is 4.13. The lowest BCUT2D eigenvalue weighted by Gasteiger charge is -2.37. The molecular formula is C13H18F2N2O2S. The molecule has 2 atom stereocenters. The van der Waals surface area contributed by atoms with Gasteiger partial charge in [-0.25, -0.2) is 17.2 Å². The van der Waals surface area contributed by atoms with Crippen LogP contribution in [-0.2, 0) is 10.0 Å².